The monoisotopic (exact) mass is 267 g/mol. The van der Waals surface area contributed by atoms with Crippen molar-refractivity contribution in [2.75, 3.05) is 13.1 Å². The number of halogens is 1. The molecule has 1 atom stereocenters. The summed E-state index contributed by atoms with van der Waals surface area (Å²) in [4.78, 5) is 14.2. The highest BCUT2D eigenvalue weighted by molar-refractivity contribution is 6.31. The van der Waals surface area contributed by atoms with Crippen molar-refractivity contribution in [3.05, 3.63) is 28.8 Å². The Bertz CT molecular complexity index is 447. The van der Waals surface area contributed by atoms with E-state index >= 15 is 0 Å². The number of nitrogens with zero attached hydrogens (tertiary/aromatic N) is 1. The first-order valence-corrected chi connectivity index (χ1v) is 6.77. The number of likely N-dealkylation sites (tertiary alicyclic amines) is 1. The molecule has 1 fully saturated rings. The third-order valence-electron chi connectivity index (χ3n) is 3.57. The molecule has 1 aliphatic rings. The van der Waals surface area contributed by atoms with Gasteiger partial charge in [-0.1, -0.05) is 24.9 Å². The fourth-order valence-corrected chi connectivity index (χ4v) is 2.60. The van der Waals surface area contributed by atoms with Crippen LogP contribution in [0.15, 0.2) is 18.2 Å². The first-order chi connectivity index (χ1) is 8.61. The SMILES string of the molecule is CCC1CCCN(C(=O)c2cc(Cl)ccc2O)C1. The van der Waals surface area contributed by atoms with Gasteiger partial charge in [0, 0.05) is 18.1 Å². The van der Waals surface area contributed by atoms with Crippen LogP contribution in [0.1, 0.15) is 36.5 Å². The van der Waals surface area contributed by atoms with Crippen molar-refractivity contribution in [3.8, 4) is 5.75 Å². The summed E-state index contributed by atoms with van der Waals surface area (Å²) in [6.07, 6.45) is 3.30. The molecule has 1 aliphatic heterocycles. The number of rotatable bonds is 2. The lowest BCUT2D eigenvalue weighted by Crippen LogP contribution is -2.39. The standard InChI is InChI=1S/C14H18ClNO2/c1-2-10-4-3-7-16(9-10)14(18)12-8-11(15)5-6-13(12)17/h5-6,8,10,17H,2-4,7,9H2,1H3. The Hall–Kier alpha value is -1.22. The average Bonchev–Trinajstić information content (AvgIpc) is 2.41. The first kappa shape index (κ1) is 13.2. The molecule has 0 aliphatic carbocycles. The van der Waals surface area contributed by atoms with Crippen molar-refractivity contribution in [2.24, 2.45) is 5.92 Å². The van der Waals surface area contributed by atoms with Crippen molar-refractivity contribution >= 4 is 17.5 Å². The number of hydrogen-bond donors (Lipinski definition) is 1. The van der Waals surface area contributed by atoms with Gasteiger partial charge in [-0.2, -0.15) is 0 Å². The summed E-state index contributed by atoms with van der Waals surface area (Å²) >= 11 is 5.87. The number of phenolic OH excluding ortho intramolecular Hbond substituents is 1. The van der Waals surface area contributed by atoms with Crippen LogP contribution in [-0.4, -0.2) is 29.0 Å². The van der Waals surface area contributed by atoms with Gasteiger partial charge < -0.3 is 10.0 Å². The van der Waals surface area contributed by atoms with Gasteiger partial charge in [0.15, 0.2) is 0 Å². The number of phenols is 1. The fourth-order valence-electron chi connectivity index (χ4n) is 2.43. The molecular weight excluding hydrogens is 250 g/mol. The highest BCUT2D eigenvalue weighted by atomic mass is 35.5. The van der Waals surface area contributed by atoms with Gasteiger partial charge >= 0.3 is 0 Å². The van der Waals surface area contributed by atoms with Gasteiger partial charge in [-0.05, 0) is 37.0 Å². The number of amides is 1. The zero-order chi connectivity index (χ0) is 13.1. The highest BCUT2D eigenvalue weighted by Crippen LogP contribution is 2.26. The van der Waals surface area contributed by atoms with Crippen LogP contribution < -0.4 is 0 Å². The molecule has 1 aromatic rings. The molecule has 3 nitrogen and oxygen atoms in total. The second kappa shape index (κ2) is 5.61. The van der Waals surface area contributed by atoms with Gasteiger partial charge in [0.05, 0.1) is 5.56 Å². The smallest absolute Gasteiger partial charge is 0.257 e. The third kappa shape index (κ3) is 2.78. The van der Waals surface area contributed by atoms with Crippen LogP contribution >= 0.6 is 11.6 Å². The Morgan fingerprint density at radius 2 is 2.33 bits per heavy atom. The number of hydrogen-bond acceptors (Lipinski definition) is 2. The summed E-state index contributed by atoms with van der Waals surface area (Å²) in [5.41, 5.74) is 0.305. The molecule has 0 aromatic heterocycles. The number of carbonyl (C=O) groups is 1. The van der Waals surface area contributed by atoms with E-state index in [1.165, 1.54) is 18.6 Å². The van der Waals surface area contributed by atoms with Gasteiger partial charge in [-0.15, -0.1) is 0 Å². The number of benzene rings is 1. The van der Waals surface area contributed by atoms with E-state index in [9.17, 15) is 9.90 Å². The molecule has 0 radical (unpaired) electrons. The molecule has 1 aromatic carbocycles. The Labute approximate surface area is 112 Å². The minimum atomic E-state index is -0.117. The number of piperidine rings is 1. The fraction of sp³-hybridized carbons (Fsp3) is 0.500. The third-order valence-corrected chi connectivity index (χ3v) is 3.81. The summed E-state index contributed by atoms with van der Waals surface area (Å²) in [6, 6.07) is 4.59. The van der Waals surface area contributed by atoms with E-state index in [0.717, 1.165) is 25.9 Å². The van der Waals surface area contributed by atoms with Crippen LogP contribution in [0.4, 0.5) is 0 Å². The maximum atomic E-state index is 12.3. The summed E-state index contributed by atoms with van der Waals surface area (Å²) in [5, 5.41) is 10.2. The van der Waals surface area contributed by atoms with Gasteiger partial charge in [0.2, 0.25) is 0 Å². The van der Waals surface area contributed by atoms with Crippen LogP contribution in [0, 0.1) is 5.92 Å². The molecule has 2 rings (SSSR count). The van der Waals surface area contributed by atoms with Crippen LogP contribution in [0.5, 0.6) is 5.75 Å². The summed E-state index contributed by atoms with van der Waals surface area (Å²) < 4.78 is 0. The van der Waals surface area contributed by atoms with E-state index in [4.69, 9.17) is 11.6 Å². The summed E-state index contributed by atoms with van der Waals surface area (Å²) in [7, 11) is 0. The van der Waals surface area contributed by atoms with Crippen LogP contribution in [0.25, 0.3) is 0 Å². The Morgan fingerprint density at radius 3 is 3.06 bits per heavy atom. The van der Waals surface area contributed by atoms with Gasteiger partial charge in [-0.25, -0.2) is 0 Å². The minimum Gasteiger partial charge on any atom is -0.507 e. The molecule has 98 valence electrons. The molecule has 0 bridgehead atoms. The molecule has 4 heteroatoms. The van der Waals surface area contributed by atoms with E-state index in [-0.39, 0.29) is 11.7 Å². The average molecular weight is 268 g/mol. The largest absolute Gasteiger partial charge is 0.507 e. The van der Waals surface area contributed by atoms with Crippen LogP contribution in [0.2, 0.25) is 5.02 Å². The van der Waals surface area contributed by atoms with Gasteiger partial charge in [0.25, 0.3) is 5.91 Å². The number of carbonyl (C=O) groups excluding carboxylic acids is 1. The van der Waals surface area contributed by atoms with E-state index < -0.39 is 0 Å². The molecule has 1 heterocycles. The van der Waals surface area contributed by atoms with E-state index in [0.29, 0.717) is 16.5 Å². The minimum absolute atomic E-state index is 0.00280. The van der Waals surface area contributed by atoms with Crippen molar-refractivity contribution in [2.45, 2.75) is 26.2 Å². The second-order valence-electron chi connectivity index (χ2n) is 4.83. The highest BCUT2D eigenvalue weighted by Gasteiger charge is 2.25. The molecule has 0 spiro atoms. The second-order valence-corrected chi connectivity index (χ2v) is 5.27. The van der Waals surface area contributed by atoms with Gasteiger partial charge in [0.1, 0.15) is 5.75 Å². The van der Waals surface area contributed by atoms with E-state index in [2.05, 4.69) is 6.92 Å². The van der Waals surface area contributed by atoms with Crippen molar-refractivity contribution in [3.63, 3.8) is 0 Å². The van der Waals surface area contributed by atoms with E-state index in [1.807, 2.05) is 4.90 Å². The Balaban J connectivity index is 2.17. The lowest BCUT2D eigenvalue weighted by molar-refractivity contribution is 0.0668. The normalized spacial score (nSPS) is 19.9. The van der Waals surface area contributed by atoms with Crippen LogP contribution in [-0.2, 0) is 0 Å². The molecule has 1 unspecified atom stereocenters. The maximum absolute atomic E-state index is 12.3. The zero-order valence-corrected chi connectivity index (χ0v) is 11.3. The predicted octanol–water partition coefficient (Wildman–Crippen LogP) is 3.31. The topological polar surface area (TPSA) is 40.5 Å². The molecular formula is C14H18ClNO2. The predicted molar refractivity (Wildman–Crippen MR) is 72.0 cm³/mol. The van der Waals surface area contributed by atoms with Gasteiger partial charge in [-0.3, -0.25) is 4.79 Å². The van der Waals surface area contributed by atoms with Crippen molar-refractivity contribution in [1.82, 2.24) is 4.90 Å². The lowest BCUT2D eigenvalue weighted by atomic mass is 9.95. The Kier molecular flexibility index (Phi) is 4.12. The summed E-state index contributed by atoms with van der Waals surface area (Å²) in [5.74, 6) is 0.459. The zero-order valence-electron chi connectivity index (χ0n) is 10.5. The van der Waals surface area contributed by atoms with E-state index in [1.54, 1.807) is 6.07 Å². The first-order valence-electron chi connectivity index (χ1n) is 6.39. The van der Waals surface area contributed by atoms with Crippen LogP contribution in [0.3, 0.4) is 0 Å². The maximum Gasteiger partial charge on any atom is 0.257 e. The molecule has 0 saturated carbocycles. The summed E-state index contributed by atoms with van der Waals surface area (Å²) in [6.45, 7) is 3.69. The molecule has 18 heavy (non-hydrogen) atoms. The molecule has 1 amide bonds. The quantitative estimate of drug-likeness (QED) is 0.893. The number of aromatic hydroxyl groups is 1. The lowest BCUT2D eigenvalue weighted by Gasteiger charge is -2.32. The molecule has 1 N–H and O–H groups in total. The Morgan fingerprint density at radius 1 is 1.56 bits per heavy atom. The molecule has 1 saturated heterocycles. The van der Waals surface area contributed by atoms with Crippen molar-refractivity contribution in [1.29, 1.82) is 0 Å². The van der Waals surface area contributed by atoms with Crippen molar-refractivity contribution < 1.29 is 9.90 Å².